The van der Waals surface area contributed by atoms with Gasteiger partial charge in [0.15, 0.2) is 5.96 Å². The van der Waals surface area contributed by atoms with Crippen molar-refractivity contribution >= 4 is 29.9 Å². The molecule has 1 saturated heterocycles. The predicted octanol–water partition coefficient (Wildman–Crippen LogP) is 3.91. The lowest BCUT2D eigenvalue weighted by Crippen LogP contribution is -2.42. The van der Waals surface area contributed by atoms with Gasteiger partial charge in [0.2, 0.25) is 0 Å². The normalized spacial score (nSPS) is 14.8. The van der Waals surface area contributed by atoms with Crippen LogP contribution in [-0.4, -0.2) is 58.9 Å². The number of likely N-dealkylation sites (tertiary alicyclic amines) is 1. The number of nitrogens with zero attached hydrogens (tertiary/aromatic N) is 2. The first-order valence-electron chi connectivity index (χ1n) is 11.2. The Morgan fingerprint density at radius 1 is 0.939 bits per heavy atom. The van der Waals surface area contributed by atoms with E-state index < -0.39 is 0 Å². The van der Waals surface area contributed by atoms with Gasteiger partial charge in [-0.1, -0.05) is 12.1 Å². The number of hydrogen-bond acceptors (Lipinski definition) is 5. The van der Waals surface area contributed by atoms with E-state index in [2.05, 4.69) is 32.7 Å². The van der Waals surface area contributed by atoms with E-state index in [0.29, 0.717) is 12.5 Å². The summed E-state index contributed by atoms with van der Waals surface area (Å²) >= 11 is 0. The molecule has 3 rings (SSSR count). The number of ether oxygens (including phenoxy) is 3. The number of aliphatic imine (C=N–C) groups is 1. The van der Waals surface area contributed by atoms with Crippen LogP contribution < -0.4 is 24.8 Å². The highest BCUT2D eigenvalue weighted by atomic mass is 127. The molecule has 1 fully saturated rings. The smallest absolute Gasteiger partial charge is 0.191 e. The third-order valence-electron chi connectivity index (χ3n) is 5.99. The highest BCUT2D eigenvalue weighted by Gasteiger charge is 2.19. The fourth-order valence-electron chi connectivity index (χ4n) is 3.98. The minimum absolute atomic E-state index is 0. The van der Waals surface area contributed by atoms with Crippen LogP contribution >= 0.6 is 24.0 Å². The summed E-state index contributed by atoms with van der Waals surface area (Å²) in [4.78, 5) is 6.90. The molecule has 0 aromatic heterocycles. The fraction of sp³-hybridized carbons (Fsp3) is 0.480. The fourth-order valence-corrected chi connectivity index (χ4v) is 3.98. The van der Waals surface area contributed by atoms with Gasteiger partial charge in [-0.15, -0.1) is 24.0 Å². The minimum atomic E-state index is 0. The van der Waals surface area contributed by atoms with Gasteiger partial charge < -0.3 is 24.8 Å². The van der Waals surface area contributed by atoms with Crippen molar-refractivity contribution in [1.82, 2.24) is 15.5 Å². The molecule has 33 heavy (non-hydrogen) atoms. The third-order valence-corrected chi connectivity index (χ3v) is 5.99. The monoisotopic (exact) mass is 568 g/mol. The molecule has 0 aliphatic carbocycles. The first kappa shape index (κ1) is 27.0. The van der Waals surface area contributed by atoms with E-state index in [9.17, 15) is 0 Å². The maximum absolute atomic E-state index is 5.48. The molecule has 0 bridgehead atoms. The van der Waals surface area contributed by atoms with Crippen LogP contribution in [0.1, 0.15) is 24.0 Å². The van der Waals surface area contributed by atoms with Crippen molar-refractivity contribution in [3.63, 3.8) is 0 Å². The third kappa shape index (κ3) is 8.26. The van der Waals surface area contributed by atoms with Crippen molar-refractivity contribution in [2.24, 2.45) is 10.9 Å². The topological polar surface area (TPSA) is 67.4 Å². The first-order chi connectivity index (χ1) is 15.6. The number of methoxy groups -OCH3 is 3. The van der Waals surface area contributed by atoms with E-state index >= 15 is 0 Å². The van der Waals surface area contributed by atoms with Gasteiger partial charge in [-0.05, 0) is 61.7 Å². The molecule has 8 heteroatoms. The lowest BCUT2D eigenvalue weighted by molar-refractivity contribution is 0.178. The number of nitrogens with one attached hydrogen (secondary N) is 2. The van der Waals surface area contributed by atoms with Crippen molar-refractivity contribution in [2.75, 3.05) is 48.0 Å². The Balaban J connectivity index is 0.00000385. The molecular formula is C25H37IN4O3. The molecule has 2 N–H and O–H groups in total. The van der Waals surface area contributed by atoms with Gasteiger partial charge in [-0.3, -0.25) is 9.89 Å². The van der Waals surface area contributed by atoms with Crippen LogP contribution in [0.5, 0.6) is 17.2 Å². The van der Waals surface area contributed by atoms with Gasteiger partial charge in [0.25, 0.3) is 0 Å². The Labute approximate surface area is 214 Å². The van der Waals surface area contributed by atoms with E-state index in [-0.39, 0.29) is 24.0 Å². The summed E-state index contributed by atoms with van der Waals surface area (Å²) in [5.74, 6) is 3.95. The van der Waals surface area contributed by atoms with E-state index in [1.165, 1.54) is 18.4 Å². The summed E-state index contributed by atoms with van der Waals surface area (Å²) in [5.41, 5.74) is 2.39. The molecule has 1 aliphatic rings. The van der Waals surface area contributed by atoms with Crippen LogP contribution in [-0.2, 0) is 13.1 Å². The van der Waals surface area contributed by atoms with Crippen LogP contribution in [0.25, 0.3) is 0 Å². The Morgan fingerprint density at radius 3 is 2.21 bits per heavy atom. The van der Waals surface area contributed by atoms with E-state index in [4.69, 9.17) is 14.2 Å². The summed E-state index contributed by atoms with van der Waals surface area (Å²) in [6.45, 7) is 4.79. The van der Waals surface area contributed by atoms with Gasteiger partial charge in [0.1, 0.15) is 17.2 Å². The highest BCUT2D eigenvalue weighted by molar-refractivity contribution is 14.0. The van der Waals surface area contributed by atoms with Crippen LogP contribution in [0.2, 0.25) is 0 Å². The zero-order chi connectivity index (χ0) is 22.8. The number of guanidine groups is 1. The van der Waals surface area contributed by atoms with Gasteiger partial charge in [0.05, 0.1) is 21.3 Å². The lowest BCUT2D eigenvalue weighted by atomic mass is 9.96. The van der Waals surface area contributed by atoms with Gasteiger partial charge >= 0.3 is 0 Å². The maximum Gasteiger partial charge on any atom is 0.191 e. The zero-order valence-electron chi connectivity index (χ0n) is 20.1. The number of hydrogen-bond donors (Lipinski definition) is 2. The molecule has 1 aliphatic heterocycles. The minimum Gasteiger partial charge on any atom is -0.497 e. The summed E-state index contributed by atoms with van der Waals surface area (Å²) < 4.78 is 16.0. The summed E-state index contributed by atoms with van der Waals surface area (Å²) in [6, 6.07) is 14.2. The number of benzene rings is 2. The van der Waals surface area contributed by atoms with Gasteiger partial charge in [-0.25, -0.2) is 0 Å². The second kappa shape index (κ2) is 14.1. The Bertz CT molecular complexity index is 868. The zero-order valence-corrected chi connectivity index (χ0v) is 22.4. The number of halogens is 1. The van der Waals surface area contributed by atoms with E-state index in [0.717, 1.165) is 55.0 Å². The molecule has 1 heterocycles. The quantitative estimate of drug-likeness (QED) is 0.272. The predicted molar refractivity (Wildman–Crippen MR) is 144 cm³/mol. The highest BCUT2D eigenvalue weighted by Crippen LogP contribution is 2.24. The summed E-state index contributed by atoms with van der Waals surface area (Å²) in [6.07, 6.45) is 2.37. The average molecular weight is 569 g/mol. The van der Waals surface area contributed by atoms with Crippen molar-refractivity contribution in [3.8, 4) is 17.2 Å². The summed E-state index contributed by atoms with van der Waals surface area (Å²) in [7, 11) is 6.83. The van der Waals surface area contributed by atoms with Gasteiger partial charge in [-0.2, -0.15) is 0 Å². The van der Waals surface area contributed by atoms with Crippen LogP contribution in [0.4, 0.5) is 0 Å². The Hall–Kier alpha value is -2.20. The molecule has 2 aromatic carbocycles. The summed E-state index contributed by atoms with van der Waals surface area (Å²) in [5, 5.41) is 6.87. The second-order valence-corrected chi connectivity index (χ2v) is 8.05. The standard InChI is InChI=1S/C25H36N4O3.HI/c1-26-25(28-17-21-7-10-23(31-3)15-24(21)32-4)27-16-19-11-13-29(14-12-19)18-20-5-8-22(30-2)9-6-20;/h5-10,15,19H,11-14,16-18H2,1-4H3,(H2,26,27,28);1H. The molecular weight excluding hydrogens is 531 g/mol. The van der Waals surface area contributed by atoms with Crippen molar-refractivity contribution in [1.29, 1.82) is 0 Å². The van der Waals surface area contributed by atoms with Gasteiger partial charge in [0, 0.05) is 38.3 Å². The molecule has 2 aromatic rings. The molecule has 7 nitrogen and oxygen atoms in total. The lowest BCUT2D eigenvalue weighted by Gasteiger charge is -2.32. The number of rotatable bonds is 9. The number of piperidine rings is 1. The van der Waals surface area contributed by atoms with Crippen LogP contribution in [0, 0.1) is 5.92 Å². The molecule has 0 spiro atoms. The molecule has 0 radical (unpaired) electrons. The van der Waals surface area contributed by atoms with Crippen molar-refractivity contribution in [2.45, 2.75) is 25.9 Å². The molecule has 0 atom stereocenters. The van der Waals surface area contributed by atoms with Crippen molar-refractivity contribution in [3.05, 3.63) is 53.6 Å². The van der Waals surface area contributed by atoms with E-state index in [1.807, 2.05) is 30.3 Å². The molecule has 0 amide bonds. The SMILES string of the molecule is CN=C(NCc1ccc(OC)cc1OC)NCC1CCN(Cc2ccc(OC)cc2)CC1.I. The Morgan fingerprint density at radius 2 is 1.61 bits per heavy atom. The first-order valence-corrected chi connectivity index (χ1v) is 11.2. The van der Waals surface area contributed by atoms with Crippen LogP contribution in [0.3, 0.4) is 0 Å². The largest absolute Gasteiger partial charge is 0.497 e. The molecule has 0 unspecified atom stereocenters. The second-order valence-electron chi connectivity index (χ2n) is 8.05. The average Bonchev–Trinajstić information content (AvgIpc) is 2.85. The van der Waals surface area contributed by atoms with Crippen LogP contribution in [0.15, 0.2) is 47.5 Å². The maximum atomic E-state index is 5.48. The molecule has 182 valence electrons. The van der Waals surface area contributed by atoms with E-state index in [1.54, 1.807) is 28.4 Å². The van der Waals surface area contributed by atoms with Crippen molar-refractivity contribution < 1.29 is 14.2 Å². The Kier molecular flexibility index (Phi) is 11.6. The molecule has 0 saturated carbocycles.